The highest BCUT2D eigenvalue weighted by atomic mass is 79.9. The maximum Gasteiger partial charge on any atom is 0.309 e. The van der Waals surface area contributed by atoms with E-state index in [9.17, 15) is 4.79 Å². The van der Waals surface area contributed by atoms with Gasteiger partial charge in [0.2, 0.25) is 6.20 Å². The maximum atomic E-state index is 12.0. The first-order chi connectivity index (χ1) is 7.02. The largest absolute Gasteiger partial charge is 0.309 e. The summed E-state index contributed by atoms with van der Waals surface area (Å²) in [5, 5.41) is 1.86. The molecule has 0 saturated carbocycles. The lowest BCUT2D eigenvalue weighted by Gasteiger charge is -2.03. The summed E-state index contributed by atoms with van der Waals surface area (Å²) in [5.74, 6) is 0. The van der Waals surface area contributed by atoms with Crippen LogP contribution >= 0.6 is 27.5 Å². The molecule has 1 aromatic carbocycles. The Balaban J connectivity index is 3.08. The average Bonchev–Trinajstić information content (AvgIpc) is 2.20. The van der Waals surface area contributed by atoms with Crippen LogP contribution < -0.4 is 10.2 Å². The molecular formula is C10H9BrClN2O+. The molecule has 1 aromatic heterocycles. The van der Waals surface area contributed by atoms with Crippen molar-refractivity contribution in [3.63, 3.8) is 0 Å². The number of rotatable bonds is 0. The topological polar surface area (TPSA) is 25.9 Å². The van der Waals surface area contributed by atoms with Crippen LogP contribution in [0, 0.1) is 0 Å². The first-order valence-electron chi connectivity index (χ1n) is 4.36. The minimum absolute atomic E-state index is 0.0960. The quantitative estimate of drug-likeness (QED) is 0.679. The van der Waals surface area contributed by atoms with E-state index in [1.165, 1.54) is 4.68 Å². The molecule has 2 aromatic rings. The molecule has 0 atom stereocenters. The predicted molar refractivity (Wildman–Crippen MR) is 63.1 cm³/mol. The molecule has 5 heteroatoms. The Morgan fingerprint density at radius 2 is 2.13 bits per heavy atom. The van der Waals surface area contributed by atoms with Gasteiger partial charge in [0.05, 0.1) is 22.8 Å². The van der Waals surface area contributed by atoms with E-state index in [4.69, 9.17) is 11.6 Å². The Hall–Kier alpha value is -0.870. The lowest BCUT2D eigenvalue weighted by molar-refractivity contribution is -0.755. The summed E-state index contributed by atoms with van der Waals surface area (Å²) in [5.41, 5.74) is -0.0960. The molecule has 1 heterocycles. The molecule has 0 amide bonds. The first kappa shape index (κ1) is 10.6. The lowest BCUT2D eigenvalue weighted by atomic mass is 10.2. The van der Waals surface area contributed by atoms with Gasteiger partial charge in [0, 0.05) is 4.47 Å². The van der Waals surface area contributed by atoms with Crippen LogP contribution in [0.1, 0.15) is 0 Å². The summed E-state index contributed by atoms with van der Waals surface area (Å²) in [6.45, 7) is 0. The molecule has 0 aliphatic rings. The second-order valence-electron chi connectivity index (χ2n) is 3.36. The SMILES string of the molecule is Cn1c(=O)c2c(Cl)c(Br)ccc2c[n+]1C. The van der Waals surface area contributed by atoms with E-state index < -0.39 is 0 Å². The monoisotopic (exact) mass is 287 g/mol. The number of hydrogen-bond donors (Lipinski definition) is 0. The van der Waals surface area contributed by atoms with Crippen LogP contribution in [0.25, 0.3) is 10.8 Å². The van der Waals surface area contributed by atoms with Gasteiger partial charge in [-0.25, -0.2) is 0 Å². The van der Waals surface area contributed by atoms with Gasteiger partial charge in [0.15, 0.2) is 7.05 Å². The highest BCUT2D eigenvalue weighted by Gasteiger charge is 2.13. The standard InChI is InChI=1S/C10H9BrClN2O/c1-13-5-6-3-4-7(11)9(12)8(6)10(15)14(13)2/h3-5H,1-2H3/q+1. The van der Waals surface area contributed by atoms with Gasteiger partial charge in [-0.2, -0.15) is 0 Å². The zero-order chi connectivity index (χ0) is 11.2. The van der Waals surface area contributed by atoms with Gasteiger partial charge < -0.3 is 0 Å². The molecular weight excluding hydrogens is 279 g/mol. The summed E-state index contributed by atoms with van der Waals surface area (Å²) in [6.07, 6.45) is 1.87. The highest BCUT2D eigenvalue weighted by molar-refractivity contribution is 9.10. The van der Waals surface area contributed by atoms with Gasteiger partial charge in [0.25, 0.3) is 0 Å². The van der Waals surface area contributed by atoms with Crippen LogP contribution in [0.2, 0.25) is 5.02 Å². The molecule has 0 unspecified atom stereocenters. The Kier molecular flexibility index (Phi) is 2.56. The lowest BCUT2D eigenvalue weighted by Crippen LogP contribution is -2.47. The van der Waals surface area contributed by atoms with Crippen molar-refractivity contribution < 1.29 is 4.68 Å². The minimum Gasteiger partial charge on any atom is -0.263 e. The number of nitrogens with zero attached hydrogens (tertiary/aromatic N) is 2. The molecule has 0 fully saturated rings. The first-order valence-corrected chi connectivity index (χ1v) is 5.53. The number of aryl methyl sites for hydroxylation is 1. The van der Waals surface area contributed by atoms with Crippen LogP contribution in [-0.2, 0) is 14.1 Å². The summed E-state index contributed by atoms with van der Waals surface area (Å²) in [7, 11) is 3.52. The van der Waals surface area contributed by atoms with E-state index in [1.54, 1.807) is 11.7 Å². The molecule has 2 rings (SSSR count). The van der Waals surface area contributed by atoms with Crippen molar-refractivity contribution in [1.29, 1.82) is 0 Å². The minimum atomic E-state index is -0.0960. The normalized spacial score (nSPS) is 10.9. The Bertz CT molecular complexity index is 606. The second-order valence-corrected chi connectivity index (χ2v) is 4.59. The summed E-state index contributed by atoms with van der Waals surface area (Å²) in [4.78, 5) is 12.0. The molecule has 0 spiro atoms. The molecule has 0 radical (unpaired) electrons. The Morgan fingerprint density at radius 3 is 2.80 bits per heavy atom. The average molecular weight is 289 g/mol. The zero-order valence-corrected chi connectivity index (χ0v) is 10.6. The molecule has 0 bridgehead atoms. The zero-order valence-electron chi connectivity index (χ0n) is 8.29. The molecule has 3 nitrogen and oxygen atoms in total. The van der Waals surface area contributed by atoms with Crippen LogP contribution in [0.5, 0.6) is 0 Å². The summed E-state index contributed by atoms with van der Waals surface area (Å²) < 4.78 is 3.98. The van der Waals surface area contributed by atoms with E-state index in [0.717, 1.165) is 9.86 Å². The van der Waals surface area contributed by atoms with Crippen molar-refractivity contribution in [3.05, 3.63) is 38.2 Å². The molecule has 0 aliphatic heterocycles. The van der Waals surface area contributed by atoms with Crippen molar-refractivity contribution in [2.45, 2.75) is 0 Å². The fourth-order valence-corrected chi connectivity index (χ4v) is 2.07. The van der Waals surface area contributed by atoms with Crippen LogP contribution in [0.3, 0.4) is 0 Å². The predicted octanol–water partition coefficient (Wildman–Crippen LogP) is 1.78. The Labute approximate surface area is 100 Å². The van der Waals surface area contributed by atoms with Gasteiger partial charge in [-0.1, -0.05) is 11.6 Å². The number of halogens is 2. The van der Waals surface area contributed by atoms with Crippen LogP contribution in [-0.4, -0.2) is 4.68 Å². The second kappa shape index (κ2) is 3.61. The van der Waals surface area contributed by atoms with E-state index in [1.807, 2.05) is 25.4 Å². The van der Waals surface area contributed by atoms with Gasteiger partial charge in [-0.15, -0.1) is 9.36 Å². The summed E-state index contributed by atoms with van der Waals surface area (Å²) in [6, 6.07) is 3.71. The Morgan fingerprint density at radius 1 is 1.47 bits per heavy atom. The summed E-state index contributed by atoms with van der Waals surface area (Å²) >= 11 is 9.39. The van der Waals surface area contributed by atoms with Crippen molar-refractivity contribution in [2.24, 2.45) is 14.1 Å². The molecule has 0 saturated heterocycles. The fraction of sp³-hybridized carbons (Fsp3) is 0.200. The van der Waals surface area contributed by atoms with Crippen molar-refractivity contribution in [3.8, 4) is 0 Å². The number of benzene rings is 1. The number of hydrogen-bond acceptors (Lipinski definition) is 1. The third-order valence-corrected chi connectivity index (χ3v) is 3.72. The van der Waals surface area contributed by atoms with Gasteiger partial charge in [-0.3, -0.25) is 4.79 Å². The van der Waals surface area contributed by atoms with Crippen molar-refractivity contribution in [1.82, 2.24) is 4.68 Å². The third kappa shape index (κ3) is 1.58. The number of fused-ring (bicyclic) bond motifs is 1. The maximum absolute atomic E-state index is 12.0. The van der Waals surface area contributed by atoms with Crippen LogP contribution in [0.15, 0.2) is 27.6 Å². The fourth-order valence-electron chi connectivity index (χ4n) is 1.48. The van der Waals surface area contributed by atoms with Gasteiger partial charge in [0.1, 0.15) is 0 Å². The van der Waals surface area contributed by atoms with Crippen LogP contribution in [0.4, 0.5) is 0 Å². The molecule has 0 aliphatic carbocycles. The molecule has 0 N–H and O–H groups in total. The van der Waals surface area contributed by atoms with Gasteiger partial charge in [-0.05, 0) is 28.1 Å². The number of aromatic nitrogens is 2. The molecule has 78 valence electrons. The van der Waals surface area contributed by atoms with E-state index in [2.05, 4.69) is 15.9 Å². The van der Waals surface area contributed by atoms with Crippen molar-refractivity contribution >= 4 is 38.3 Å². The molecule has 15 heavy (non-hydrogen) atoms. The van der Waals surface area contributed by atoms with E-state index in [-0.39, 0.29) is 5.56 Å². The third-order valence-electron chi connectivity index (χ3n) is 2.43. The van der Waals surface area contributed by atoms with E-state index >= 15 is 0 Å². The van der Waals surface area contributed by atoms with Gasteiger partial charge >= 0.3 is 5.56 Å². The van der Waals surface area contributed by atoms with Crippen molar-refractivity contribution in [2.75, 3.05) is 0 Å². The highest BCUT2D eigenvalue weighted by Crippen LogP contribution is 2.27. The van der Waals surface area contributed by atoms with E-state index in [0.29, 0.717) is 10.4 Å². The smallest absolute Gasteiger partial charge is 0.263 e.